The van der Waals surface area contributed by atoms with Crippen molar-refractivity contribution in [2.24, 2.45) is 0 Å². The van der Waals surface area contributed by atoms with Gasteiger partial charge in [-0.1, -0.05) is 24.3 Å². The average Bonchev–Trinajstić information content (AvgIpc) is 2.50. The number of ether oxygens (including phenoxy) is 2. The highest BCUT2D eigenvalue weighted by Gasteiger charge is 2.13. The van der Waals surface area contributed by atoms with Gasteiger partial charge in [0, 0.05) is 37.2 Å². The van der Waals surface area contributed by atoms with Gasteiger partial charge in [-0.25, -0.2) is 9.78 Å². The average molecular weight is 274 g/mol. The largest absolute Gasteiger partial charge is 0.465 e. The lowest BCUT2D eigenvalue weighted by Gasteiger charge is -2.11. The van der Waals surface area contributed by atoms with Crippen LogP contribution in [0.5, 0.6) is 0 Å². The Kier molecular flexibility index (Phi) is 4.90. The maximum atomic E-state index is 11.7. The van der Waals surface area contributed by atoms with E-state index in [1.807, 2.05) is 24.3 Å². The number of nitrogens with one attached hydrogen (secondary N) is 1. The summed E-state index contributed by atoms with van der Waals surface area (Å²) in [5, 5.41) is 5.01. The first-order valence-corrected chi connectivity index (χ1v) is 6.46. The van der Waals surface area contributed by atoms with E-state index in [0.29, 0.717) is 12.2 Å². The number of carbonyl (C=O) groups excluding carboxylic acids is 1. The fourth-order valence-corrected chi connectivity index (χ4v) is 2.03. The van der Waals surface area contributed by atoms with Crippen LogP contribution in [0.3, 0.4) is 0 Å². The van der Waals surface area contributed by atoms with Crippen LogP contribution in [0, 0.1) is 0 Å². The number of benzene rings is 1. The Morgan fingerprint density at radius 2 is 2.00 bits per heavy atom. The van der Waals surface area contributed by atoms with Crippen molar-refractivity contribution in [2.45, 2.75) is 6.42 Å². The van der Waals surface area contributed by atoms with Gasteiger partial charge in [0.15, 0.2) is 0 Å². The van der Waals surface area contributed by atoms with E-state index in [0.717, 1.165) is 29.6 Å². The van der Waals surface area contributed by atoms with Crippen molar-refractivity contribution in [1.82, 2.24) is 4.98 Å². The van der Waals surface area contributed by atoms with Crippen molar-refractivity contribution < 1.29 is 14.3 Å². The van der Waals surface area contributed by atoms with Crippen LogP contribution in [0.1, 0.15) is 16.8 Å². The highest BCUT2D eigenvalue weighted by Crippen LogP contribution is 2.24. The predicted molar refractivity (Wildman–Crippen MR) is 78.1 cm³/mol. The summed E-state index contributed by atoms with van der Waals surface area (Å²) in [6.45, 7) is 1.47. The summed E-state index contributed by atoms with van der Waals surface area (Å²) in [6.07, 6.45) is 2.44. The number of esters is 1. The summed E-state index contributed by atoms with van der Waals surface area (Å²) < 4.78 is 9.79. The molecular formula is C15H18N2O3. The second kappa shape index (κ2) is 6.86. The van der Waals surface area contributed by atoms with E-state index in [4.69, 9.17) is 9.47 Å². The number of pyridine rings is 1. The van der Waals surface area contributed by atoms with Crippen LogP contribution in [-0.4, -0.2) is 38.3 Å². The predicted octanol–water partition coefficient (Wildman–Crippen LogP) is 2.47. The van der Waals surface area contributed by atoms with Crippen molar-refractivity contribution in [3.05, 3.63) is 36.0 Å². The molecule has 0 bridgehead atoms. The summed E-state index contributed by atoms with van der Waals surface area (Å²) >= 11 is 0. The van der Waals surface area contributed by atoms with Gasteiger partial charge >= 0.3 is 5.97 Å². The highest BCUT2D eigenvalue weighted by molar-refractivity contribution is 6.07. The minimum Gasteiger partial charge on any atom is -0.465 e. The fraction of sp³-hybridized carbons (Fsp3) is 0.333. The van der Waals surface area contributed by atoms with Gasteiger partial charge in [-0.15, -0.1) is 0 Å². The molecule has 1 aromatic carbocycles. The molecule has 0 amide bonds. The molecule has 1 N–H and O–H groups in total. The molecule has 0 spiro atoms. The van der Waals surface area contributed by atoms with Gasteiger partial charge < -0.3 is 14.8 Å². The first-order valence-electron chi connectivity index (χ1n) is 6.46. The monoisotopic (exact) mass is 274 g/mol. The lowest BCUT2D eigenvalue weighted by molar-refractivity contribution is 0.0602. The van der Waals surface area contributed by atoms with Crippen molar-refractivity contribution in [1.29, 1.82) is 0 Å². The molecule has 0 unspecified atom stereocenters. The van der Waals surface area contributed by atoms with Gasteiger partial charge in [-0.2, -0.15) is 0 Å². The molecule has 5 heteroatoms. The van der Waals surface area contributed by atoms with Gasteiger partial charge in [0.1, 0.15) is 5.82 Å². The Hall–Kier alpha value is -2.14. The molecule has 1 aromatic heterocycles. The Morgan fingerprint density at radius 3 is 2.70 bits per heavy atom. The lowest BCUT2D eigenvalue weighted by atomic mass is 10.1. The molecule has 0 atom stereocenters. The number of fused-ring (bicyclic) bond motifs is 1. The molecule has 0 radical (unpaired) electrons. The molecule has 0 fully saturated rings. The minimum atomic E-state index is -0.375. The quantitative estimate of drug-likeness (QED) is 0.647. The van der Waals surface area contributed by atoms with E-state index in [-0.39, 0.29) is 5.97 Å². The van der Waals surface area contributed by atoms with Crippen molar-refractivity contribution in [2.75, 3.05) is 32.7 Å². The molecule has 106 valence electrons. The Labute approximate surface area is 117 Å². The maximum absolute atomic E-state index is 11.7. The van der Waals surface area contributed by atoms with Crippen LogP contribution in [0.4, 0.5) is 5.82 Å². The molecule has 0 saturated carbocycles. The van der Waals surface area contributed by atoms with E-state index in [2.05, 4.69) is 10.3 Å². The molecular weight excluding hydrogens is 256 g/mol. The number of hydrogen-bond acceptors (Lipinski definition) is 5. The molecule has 0 aliphatic heterocycles. The van der Waals surface area contributed by atoms with Crippen molar-refractivity contribution in [3.8, 4) is 0 Å². The zero-order chi connectivity index (χ0) is 14.4. The summed E-state index contributed by atoms with van der Waals surface area (Å²) in [7, 11) is 3.05. The first kappa shape index (κ1) is 14.3. The van der Waals surface area contributed by atoms with Crippen LogP contribution < -0.4 is 5.32 Å². The Balaban J connectivity index is 2.31. The van der Waals surface area contributed by atoms with E-state index < -0.39 is 0 Å². The second-order valence-electron chi connectivity index (χ2n) is 4.33. The van der Waals surface area contributed by atoms with E-state index >= 15 is 0 Å². The van der Waals surface area contributed by atoms with Gasteiger partial charge in [0.05, 0.1) is 12.7 Å². The topological polar surface area (TPSA) is 60.5 Å². The van der Waals surface area contributed by atoms with Crippen LogP contribution in [0.15, 0.2) is 30.5 Å². The molecule has 5 nitrogen and oxygen atoms in total. The standard InChI is InChI=1S/C15H18N2O3/c1-19-9-5-8-16-14-12-7-4-3-6-11(12)13(10-17-14)15(18)20-2/h3-4,6-7,10H,5,8-9H2,1-2H3,(H,16,17). The Morgan fingerprint density at radius 1 is 1.25 bits per heavy atom. The third-order valence-corrected chi connectivity index (χ3v) is 3.02. The van der Waals surface area contributed by atoms with Crippen LogP contribution in [0.25, 0.3) is 10.8 Å². The summed E-state index contributed by atoms with van der Waals surface area (Å²) in [6, 6.07) is 7.64. The van der Waals surface area contributed by atoms with Crippen molar-refractivity contribution in [3.63, 3.8) is 0 Å². The van der Waals surface area contributed by atoms with Crippen LogP contribution in [0.2, 0.25) is 0 Å². The van der Waals surface area contributed by atoms with Gasteiger partial charge in [-0.3, -0.25) is 0 Å². The number of methoxy groups -OCH3 is 2. The number of carbonyl (C=O) groups is 1. The third-order valence-electron chi connectivity index (χ3n) is 3.02. The fourth-order valence-electron chi connectivity index (χ4n) is 2.03. The SMILES string of the molecule is COCCCNc1ncc(C(=O)OC)c2ccccc12. The summed E-state index contributed by atoms with van der Waals surface area (Å²) in [5.74, 6) is 0.393. The second-order valence-corrected chi connectivity index (χ2v) is 4.33. The third kappa shape index (κ3) is 3.05. The zero-order valence-corrected chi connectivity index (χ0v) is 11.7. The smallest absolute Gasteiger partial charge is 0.340 e. The van der Waals surface area contributed by atoms with E-state index in [9.17, 15) is 4.79 Å². The van der Waals surface area contributed by atoms with Gasteiger partial charge in [0.25, 0.3) is 0 Å². The minimum absolute atomic E-state index is 0.375. The van der Waals surface area contributed by atoms with Crippen molar-refractivity contribution >= 4 is 22.6 Å². The number of anilines is 1. The highest BCUT2D eigenvalue weighted by atomic mass is 16.5. The molecule has 2 rings (SSSR count). The number of hydrogen-bond donors (Lipinski definition) is 1. The number of aromatic nitrogens is 1. The van der Waals surface area contributed by atoms with Crippen LogP contribution >= 0.6 is 0 Å². The van der Waals surface area contributed by atoms with E-state index in [1.165, 1.54) is 7.11 Å². The molecule has 0 aliphatic rings. The van der Waals surface area contributed by atoms with Crippen LogP contribution in [-0.2, 0) is 9.47 Å². The molecule has 1 heterocycles. The van der Waals surface area contributed by atoms with Gasteiger partial charge in [-0.05, 0) is 6.42 Å². The summed E-state index contributed by atoms with van der Waals surface area (Å²) in [5.41, 5.74) is 0.477. The molecule has 0 saturated heterocycles. The zero-order valence-electron chi connectivity index (χ0n) is 11.7. The number of nitrogens with zero attached hydrogens (tertiary/aromatic N) is 1. The maximum Gasteiger partial charge on any atom is 0.340 e. The molecule has 20 heavy (non-hydrogen) atoms. The lowest BCUT2D eigenvalue weighted by Crippen LogP contribution is -2.09. The normalized spacial score (nSPS) is 10.5. The Bertz CT molecular complexity index is 599. The van der Waals surface area contributed by atoms with Gasteiger partial charge in [0.2, 0.25) is 0 Å². The molecule has 0 aliphatic carbocycles. The van der Waals surface area contributed by atoms with E-state index in [1.54, 1.807) is 13.3 Å². The summed E-state index contributed by atoms with van der Waals surface area (Å²) in [4.78, 5) is 16.1. The first-order chi connectivity index (χ1) is 9.77. The number of rotatable bonds is 6. The molecule has 2 aromatic rings.